The molecule has 36 heavy (non-hydrogen) atoms. The van der Waals surface area contributed by atoms with E-state index in [0.29, 0.717) is 21.7 Å². The maximum Gasteiger partial charge on any atom is 0.230 e. The number of nitrogens with zero attached hydrogens (tertiary/aromatic N) is 2. The van der Waals surface area contributed by atoms with Crippen molar-refractivity contribution in [3.63, 3.8) is 0 Å². The number of sulfone groups is 1. The Morgan fingerprint density at radius 1 is 0.972 bits per heavy atom. The fourth-order valence-corrected chi connectivity index (χ4v) is 5.39. The van der Waals surface area contributed by atoms with Crippen LogP contribution >= 0.6 is 11.3 Å². The first-order valence-corrected chi connectivity index (χ1v) is 13.5. The number of thiazole rings is 1. The molecule has 0 radical (unpaired) electrons. The van der Waals surface area contributed by atoms with Crippen LogP contribution in [-0.2, 0) is 21.1 Å². The van der Waals surface area contributed by atoms with Gasteiger partial charge in [0.1, 0.15) is 4.88 Å². The van der Waals surface area contributed by atoms with Gasteiger partial charge in [0.25, 0.3) is 0 Å². The molecule has 9 heteroatoms. The lowest BCUT2D eigenvalue weighted by Gasteiger charge is -2.04. The number of carbonyl (C=O) groups excluding carboxylic acids is 2. The Kier molecular flexibility index (Phi) is 7.38. The lowest BCUT2D eigenvalue weighted by molar-refractivity contribution is -0.115. The number of hydrogen-bond donors (Lipinski definition) is 1. The van der Waals surface area contributed by atoms with Gasteiger partial charge in [0.2, 0.25) is 11.7 Å². The Morgan fingerprint density at radius 3 is 2.31 bits per heavy atom. The van der Waals surface area contributed by atoms with Crippen molar-refractivity contribution in [2.24, 2.45) is 0 Å². The SMILES string of the molecule is CCS(=O)(=O)c1ccc(CC(=O)Nc2nc(-c3ccccc3)c(C(=O)c3ccccc3C#N)s2)cc1. The third-order valence-corrected chi connectivity index (χ3v) is 8.17. The highest BCUT2D eigenvalue weighted by Crippen LogP contribution is 2.33. The molecule has 0 bridgehead atoms. The predicted molar refractivity (Wildman–Crippen MR) is 139 cm³/mol. The average Bonchev–Trinajstić information content (AvgIpc) is 3.32. The molecule has 1 amide bonds. The number of nitrogens with one attached hydrogen (secondary N) is 1. The summed E-state index contributed by atoms with van der Waals surface area (Å²) < 4.78 is 24.0. The minimum absolute atomic E-state index is 0.000519. The second-order valence-corrected chi connectivity index (χ2v) is 11.1. The molecule has 7 nitrogen and oxygen atoms in total. The van der Waals surface area contributed by atoms with E-state index in [1.54, 1.807) is 43.3 Å². The largest absolute Gasteiger partial charge is 0.302 e. The molecule has 0 aliphatic heterocycles. The van der Waals surface area contributed by atoms with Crippen molar-refractivity contribution in [3.8, 4) is 17.3 Å². The summed E-state index contributed by atoms with van der Waals surface area (Å²) in [5.41, 5.74) is 2.29. The van der Waals surface area contributed by atoms with E-state index in [1.807, 2.05) is 36.4 Å². The third kappa shape index (κ3) is 5.40. The fourth-order valence-electron chi connectivity index (χ4n) is 3.55. The summed E-state index contributed by atoms with van der Waals surface area (Å²) in [6, 6.07) is 23.9. The van der Waals surface area contributed by atoms with Crippen molar-refractivity contribution >= 4 is 38.0 Å². The van der Waals surface area contributed by atoms with Crippen LogP contribution < -0.4 is 5.32 Å². The highest BCUT2D eigenvalue weighted by atomic mass is 32.2. The van der Waals surface area contributed by atoms with E-state index in [-0.39, 0.29) is 45.0 Å². The normalized spacial score (nSPS) is 11.0. The molecule has 1 aromatic heterocycles. The molecule has 0 saturated heterocycles. The Labute approximate surface area is 213 Å². The van der Waals surface area contributed by atoms with Gasteiger partial charge in [0.05, 0.1) is 34.4 Å². The number of rotatable bonds is 8. The molecule has 0 atom stereocenters. The second-order valence-electron chi connectivity index (χ2n) is 7.82. The van der Waals surface area contributed by atoms with Gasteiger partial charge in [-0.25, -0.2) is 13.4 Å². The van der Waals surface area contributed by atoms with Crippen LogP contribution in [0.15, 0.2) is 83.8 Å². The molecule has 0 saturated carbocycles. The van der Waals surface area contributed by atoms with Gasteiger partial charge >= 0.3 is 0 Å². The van der Waals surface area contributed by atoms with Gasteiger partial charge in [-0.1, -0.05) is 72.9 Å². The highest BCUT2D eigenvalue weighted by molar-refractivity contribution is 7.91. The maximum atomic E-state index is 13.4. The first-order valence-electron chi connectivity index (χ1n) is 11.0. The first-order chi connectivity index (χ1) is 17.3. The Hall–Kier alpha value is -4.13. The molecule has 0 fully saturated rings. The van der Waals surface area contributed by atoms with Crippen molar-refractivity contribution in [2.75, 3.05) is 11.1 Å². The number of amides is 1. The van der Waals surface area contributed by atoms with Crippen molar-refractivity contribution in [3.05, 3.63) is 100 Å². The quantitative estimate of drug-likeness (QED) is 0.334. The van der Waals surface area contributed by atoms with Crippen LogP contribution in [0, 0.1) is 11.3 Å². The Morgan fingerprint density at radius 2 is 1.64 bits per heavy atom. The zero-order valence-electron chi connectivity index (χ0n) is 19.3. The smallest absolute Gasteiger partial charge is 0.230 e. The number of ketones is 1. The molecule has 4 aromatic rings. The van der Waals surface area contributed by atoms with Gasteiger partial charge in [-0.2, -0.15) is 5.26 Å². The molecule has 3 aromatic carbocycles. The predicted octanol–water partition coefficient (Wildman–Crippen LogP) is 4.89. The molecule has 4 rings (SSSR count). The van der Waals surface area contributed by atoms with E-state index in [1.165, 1.54) is 12.1 Å². The van der Waals surface area contributed by atoms with Crippen molar-refractivity contribution < 1.29 is 18.0 Å². The molecular weight excluding hydrogens is 494 g/mol. The summed E-state index contributed by atoms with van der Waals surface area (Å²) >= 11 is 1.04. The van der Waals surface area contributed by atoms with Crippen molar-refractivity contribution in [1.82, 2.24) is 4.98 Å². The summed E-state index contributed by atoms with van der Waals surface area (Å²) in [6.45, 7) is 1.58. The Balaban J connectivity index is 1.61. The van der Waals surface area contributed by atoms with Crippen LogP contribution in [0.5, 0.6) is 0 Å². The summed E-state index contributed by atoms with van der Waals surface area (Å²) in [4.78, 5) is 31.2. The summed E-state index contributed by atoms with van der Waals surface area (Å²) in [5, 5.41) is 12.4. The van der Waals surface area contributed by atoms with Crippen LogP contribution in [0.4, 0.5) is 5.13 Å². The third-order valence-electron chi connectivity index (χ3n) is 5.45. The number of carbonyl (C=O) groups is 2. The molecule has 0 spiro atoms. The first kappa shape index (κ1) is 25.0. The zero-order chi connectivity index (χ0) is 25.7. The van der Waals surface area contributed by atoms with E-state index < -0.39 is 9.84 Å². The Bertz CT molecular complexity index is 1570. The molecule has 1 heterocycles. The molecule has 1 N–H and O–H groups in total. The van der Waals surface area contributed by atoms with Crippen molar-refractivity contribution in [1.29, 1.82) is 5.26 Å². The molecule has 180 valence electrons. The molecule has 0 unspecified atom stereocenters. The van der Waals surface area contributed by atoms with E-state index >= 15 is 0 Å². The minimum Gasteiger partial charge on any atom is -0.302 e. The van der Waals surface area contributed by atoms with Gasteiger partial charge in [-0.15, -0.1) is 0 Å². The number of aromatic nitrogens is 1. The summed E-state index contributed by atoms with van der Waals surface area (Å²) in [7, 11) is -3.32. The lowest BCUT2D eigenvalue weighted by Crippen LogP contribution is -2.14. The van der Waals surface area contributed by atoms with Crippen LogP contribution in [-0.4, -0.2) is 30.8 Å². The number of nitriles is 1. The summed E-state index contributed by atoms with van der Waals surface area (Å²) in [5.74, 6) is -0.705. The average molecular weight is 516 g/mol. The van der Waals surface area contributed by atoms with Crippen LogP contribution in [0.1, 0.15) is 33.3 Å². The van der Waals surface area contributed by atoms with Gasteiger partial charge in [-0.05, 0) is 29.8 Å². The standard InChI is InChI=1S/C27H21N3O4S2/c1-2-36(33,34)21-14-12-18(13-15-21)16-23(31)29-27-30-24(19-8-4-3-5-9-19)26(35-27)25(32)22-11-7-6-10-20(22)17-28/h3-15H,2,16H2,1H3,(H,29,30,31). The lowest BCUT2D eigenvalue weighted by atomic mass is 10.0. The molecule has 0 aliphatic rings. The number of benzene rings is 3. The van der Waals surface area contributed by atoms with Crippen LogP contribution in [0.2, 0.25) is 0 Å². The highest BCUT2D eigenvalue weighted by Gasteiger charge is 2.23. The summed E-state index contributed by atoms with van der Waals surface area (Å²) in [6.07, 6.45) is 0.00719. The molecule has 0 aliphatic carbocycles. The van der Waals surface area contributed by atoms with Gasteiger partial charge in [0.15, 0.2) is 15.0 Å². The number of hydrogen-bond acceptors (Lipinski definition) is 7. The molecular formula is C27H21N3O4S2. The van der Waals surface area contributed by atoms with Gasteiger partial charge in [0, 0.05) is 11.1 Å². The van der Waals surface area contributed by atoms with Crippen LogP contribution in [0.3, 0.4) is 0 Å². The van der Waals surface area contributed by atoms with E-state index in [9.17, 15) is 23.3 Å². The van der Waals surface area contributed by atoms with E-state index in [4.69, 9.17) is 0 Å². The second kappa shape index (κ2) is 10.6. The van der Waals surface area contributed by atoms with Gasteiger partial charge in [-0.3, -0.25) is 9.59 Å². The van der Waals surface area contributed by atoms with Gasteiger partial charge < -0.3 is 5.32 Å². The van der Waals surface area contributed by atoms with Crippen LogP contribution in [0.25, 0.3) is 11.3 Å². The number of anilines is 1. The fraction of sp³-hybridized carbons (Fsp3) is 0.111. The minimum atomic E-state index is -3.32. The van der Waals surface area contributed by atoms with E-state index in [0.717, 1.165) is 11.3 Å². The van der Waals surface area contributed by atoms with E-state index in [2.05, 4.69) is 10.3 Å². The monoisotopic (exact) mass is 515 g/mol. The van der Waals surface area contributed by atoms with Crippen molar-refractivity contribution in [2.45, 2.75) is 18.2 Å². The zero-order valence-corrected chi connectivity index (χ0v) is 20.9. The maximum absolute atomic E-state index is 13.4. The topological polar surface area (TPSA) is 117 Å².